The molecule has 0 fully saturated rings. The Kier molecular flexibility index (Phi) is 5.24. The minimum atomic E-state index is -0.488. The van der Waals surface area contributed by atoms with Gasteiger partial charge in [0.15, 0.2) is 5.82 Å². The predicted octanol–water partition coefficient (Wildman–Crippen LogP) is 1.95. The van der Waals surface area contributed by atoms with E-state index in [0.29, 0.717) is 29.6 Å². The van der Waals surface area contributed by atoms with Crippen molar-refractivity contribution in [2.24, 2.45) is 0 Å². The largest absolute Gasteiger partial charge is 0.383 e. The maximum atomic E-state index is 13.0. The predicted molar refractivity (Wildman–Crippen MR) is 87.9 cm³/mol. The van der Waals surface area contributed by atoms with Crippen molar-refractivity contribution in [2.45, 2.75) is 6.54 Å². The molecule has 0 aliphatic heterocycles. The van der Waals surface area contributed by atoms with E-state index >= 15 is 0 Å². The third-order valence-corrected chi connectivity index (χ3v) is 3.33. The number of rotatable bonds is 7. The van der Waals surface area contributed by atoms with Crippen molar-refractivity contribution >= 4 is 23.2 Å². The molecule has 2 aromatic heterocycles. The normalized spacial score (nSPS) is 10.6. The lowest BCUT2D eigenvalue weighted by Gasteiger charge is -2.06. The molecule has 2 N–H and O–H groups in total. The quantitative estimate of drug-likeness (QED) is 0.622. The average molecular weight is 365 g/mol. The fourth-order valence-corrected chi connectivity index (χ4v) is 2.19. The molecule has 0 unspecified atom stereocenters. The second-order valence-electron chi connectivity index (χ2n) is 5.06. The molecule has 0 saturated heterocycles. The lowest BCUT2D eigenvalue weighted by atomic mass is 10.3. The SMILES string of the molecule is O=C(NCCNc1cccc(F)c1)c1nc(Cn2cc(Cl)cn2)no1. The summed E-state index contributed by atoms with van der Waals surface area (Å²) in [5.41, 5.74) is 0.632. The molecule has 1 aromatic carbocycles. The molecule has 0 atom stereocenters. The van der Waals surface area contributed by atoms with Gasteiger partial charge in [0.2, 0.25) is 0 Å². The summed E-state index contributed by atoms with van der Waals surface area (Å²) in [5, 5.41) is 13.8. The lowest BCUT2D eigenvalue weighted by Crippen LogP contribution is -2.29. The summed E-state index contributed by atoms with van der Waals surface area (Å²) in [5.74, 6) is -0.647. The molecule has 0 radical (unpaired) electrons. The van der Waals surface area contributed by atoms with E-state index in [0.717, 1.165) is 0 Å². The van der Waals surface area contributed by atoms with E-state index in [4.69, 9.17) is 16.1 Å². The van der Waals surface area contributed by atoms with Gasteiger partial charge in [-0.15, -0.1) is 0 Å². The molecule has 25 heavy (non-hydrogen) atoms. The smallest absolute Gasteiger partial charge is 0.316 e. The first-order chi connectivity index (χ1) is 12.1. The van der Waals surface area contributed by atoms with Gasteiger partial charge in [-0.1, -0.05) is 22.8 Å². The highest BCUT2D eigenvalue weighted by Crippen LogP contribution is 2.08. The highest BCUT2D eigenvalue weighted by molar-refractivity contribution is 6.30. The van der Waals surface area contributed by atoms with Gasteiger partial charge in [-0.2, -0.15) is 10.1 Å². The van der Waals surface area contributed by atoms with E-state index in [2.05, 4.69) is 25.9 Å². The Morgan fingerprint density at radius 1 is 1.36 bits per heavy atom. The highest BCUT2D eigenvalue weighted by atomic mass is 35.5. The van der Waals surface area contributed by atoms with Gasteiger partial charge in [-0.25, -0.2) is 4.39 Å². The van der Waals surface area contributed by atoms with Crippen LogP contribution in [0, 0.1) is 5.82 Å². The molecule has 0 aliphatic carbocycles. The fraction of sp³-hybridized carbons (Fsp3) is 0.200. The number of carbonyl (C=O) groups is 1. The Morgan fingerprint density at radius 2 is 2.24 bits per heavy atom. The van der Waals surface area contributed by atoms with Crippen LogP contribution in [0.25, 0.3) is 0 Å². The Bertz CT molecular complexity index is 865. The number of benzene rings is 1. The van der Waals surface area contributed by atoms with Gasteiger partial charge >= 0.3 is 11.8 Å². The van der Waals surface area contributed by atoms with Gasteiger partial charge < -0.3 is 15.2 Å². The van der Waals surface area contributed by atoms with Crippen molar-refractivity contribution in [1.29, 1.82) is 0 Å². The van der Waals surface area contributed by atoms with Crippen LogP contribution in [0.4, 0.5) is 10.1 Å². The third kappa shape index (κ3) is 4.77. The molecule has 2 heterocycles. The van der Waals surface area contributed by atoms with Gasteiger partial charge in [0.05, 0.1) is 11.2 Å². The molecule has 0 saturated carbocycles. The summed E-state index contributed by atoms with van der Waals surface area (Å²) in [7, 11) is 0. The minimum absolute atomic E-state index is 0.140. The maximum absolute atomic E-state index is 13.0. The summed E-state index contributed by atoms with van der Waals surface area (Å²) in [4.78, 5) is 15.9. The van der Waals surface area contributed by atoms with Crippen LogP contribution >= 0.6 is 11.6 Å². The van der Waals surface area contributed by atoms with E-state index in [-0.39, 0.29) is 18.3 Å². The Hall–Kier alpha value is -2.94. The van der Waals surface area contributed by atoms with Crippen LogP contribution in [-0.4, -0.2) is 38.9 Å². The van der Waals surface area contributed by atoms with Gasteiger partial charge in [0.25, 0.3) is 0 Å². The number of nitrogens with zero attached hydrogens (tertiary/aromatic N) is 4. The third-order valence-electron chi connectivity index (χ3n) is 3.13. The van der Waals surface area contributed by atoms with E-state index < -0.39 is 5.91 Å². The molecule has 0 bridgehead atoms. The van der Waals surface area contributed by atoms with Crippen LogP contribution < -0.4 is 10.6 Å². The average Bonchev–Trinajstić information content (AvgIpc) is 3.21. The maximum Gasteiger partial charge on any atom is 0.316 e. The molecule has 3 rings (SSSR count). The molecular formula is C15H14ClFN6O2. The van der Waals surface area contributed by atoms with Crippen molar-refractivity contribution in [2.75, 3.05) is 18.4 Å². The van der Waals surface area contributed by atoms with Crippen molar-refractivity contribution in [3.05, 3.63) is 59.2 Å². The van der Waals surface area contributed by atoms with Gasteiger partial charge in [-0.05, 0) is 18.2 Å². The molecule has 130 valence electrons. The number of hydrogen-bond acceptors (Lipinski definition) is 6. The number of halogens is 2. The zero-order valence-electron chi connectivity index (χ0n) is 12.9. The molecule has 10 heteroatoms. The topological polar surface area (TPSA) is 97.9 Å². The van der Waals surface area contributed by atoms with Crippen molar-refractivity contribution in [1.82, 2.24) is 25.2 Å². The number of hydrogen-bond donors (Lipinski definition) is 2. The molecule has 1 amide bonds. The first kappa shape index (κ1) is 16.9. The van der Waals surface area contributed by atoms with Gasteiger partial charge in [0.1, 0.15) is 12.4 Å². The molecule has 8 nitrogen and oxygen atoms in total. The molecule has 0 spiro atoms. The summed E-state index contributed by atoms with van der Waals surface area (Å²) < 4.78 is 19.5. The zero-order valence-corrected chi connectivity index (χ0v) is 13.7. The minimum Gasteiger partial charge on any atom is -0.383 e. The van der Waals surface area contributed by atoms with Crippen LogP contribution in [0.5, 0.6) is 0 Å². The van der Waals surface area contributed by atoms with Crippen LogP contribution in [0.1, 0.15) is 16.5 Å². The first-order valence-corrected chi connectivity index (χ1v) is 7.76. The van der Waals surface area contributed by atoms with Crippen molar-refractivity contribution in [3.63, 3.8) is 0 Å². The van der Waals surface area contributed by atoms with E-state index in [1.165, 1.54) is 23.0 Å². The number of nitrogens with one attached hydrogen (secondary N) is 2. The second-order valence-corrected chi connectivity index (χ2v) is 5.50. The van der Waals surface area contributed by atoms with Crippen molar-refractivity contribution < 1.29 is 13.7 Å². The zero-order chi connectivity index (χ0) is 17.6. The van der Waals surface area contributed by atoms with Gasteiger partial charge in [-0.3, -0.25) is 9.48 Å². The molecule has 0 aliphatic rings. The summed E-state index contributed by atoms with van der Waals surface area (Å²) in [6.45, 7) is 0.967. The first-order valence-electron chi connectivity index (χ1n) is 7.38. The van der Waals surface area contributed by atoms with E-state index in [1.54, 1.807) is 18.3 Å². The fourth-order valence-electron chi connectivity index (χ4n) is 2.04. The Balaban J connectivity index is 1.45. The summed E-state index contributed by atoms with van der Waals surface area (Å²) in [6, 6.07) is 6.06. The number of amides is 1. The van der Waals surface area contributed by atoms with Crippen LogP contribution in [0.15, 0.2) is 41.2 Å². The summed E-state index contributed by atoms with van der Waals surface area (Å²) in [6.07, 6.45) is 3.09. The van der Waals surface area contributed by atoms with Crippen LogP contribution in [0.2, 0.25) is 5.02 Å². The van der Waals surface area contributed by atoms with Gasteiger partial charge in [0, 0.05) is 25.0 Å². The van der Waals surface area contributed by atoms with Crippen molar-refractivity contribution in [3.8, 4) is 0 Å². The summed E-state index contributed by atoms with van der Waals surface area (Å²) >= 11 is 5.77. The second kappa shape index (κ2) is 7.75. The Morgan fingerprint density at radius 3 is 3.00 bits per heavy atom. The highest BCUT2D eigenvalue weighted by Gasteiger charge is 2.15. The molecular weight excluding hydrogens is 351 g/mol. The van der Waals surface area contributed by atoms with Crippen LogP contribution in [-0.2, 0) is 6.54 Å². The number of aromatic nitrogens is 4. The monoisotopic (exact) mass is 364 g/mol. The van der Waals surface area contributed by atoms with E-state index in [1.807, 2.05) is 0 Å². The van der Waals surface area contributed by atoms with E-state index in [9.17, 15) is 9.18 Å². The standard InChI is InChI=1S/C15H14ClFN6O2/c16-10-7-20-23(8-10)9-13-21-15(25-22-13)14(24)19-5-4-18-12-3-1-2-11(17)6-12/h1-3,6-8,18H,4-5,9H2,(H,19,24). The number of carbonyl (C=O) groups excluding carboxylic acids is 1. The number of anilines is 1. The lowest BCUT2D eigenvalue weighted by molar-refractivity contribution is 0.0911. The van der Waals surface area contributed by atoms with Crippen LogP contribution in [0.3, 0.4) is 0 Å². The Labute approximate surface area is 147 Å². The molecule has 3 aromatic rings.